The van der Waals surface area contributed by atoms with Crippen LogP contribution < -0.4 is 4.74 Å². The third-order valence-electron chi connectivity index (χ3n) is 3.43. The van der Waals surface area contributed by atoms with E-state index in [1.807, 2.05) is 30.3 Å². The van der Waals surface area contributed by atoms with E-state index in [0.717, 1.165) is 6.07 Å². The summed E-state index contributed by atoms with van der Waals surface area (Å²) in [6, 6.07) is 18.8. The maximum Gasteiger partial charge on any atom is 0.312 e. The molecule has 0 spiro atoms. The summed E-state index contributed by atoms with van der Waals surface area (Å²) in [6.45, 7) is 0. The number of aliphatic imine (C=N–C) groups is 1. The average Bonchev–Trinajstić information content (AvgIpc) is 2.63. The fourth-order valence-electron chi connectivity index (χ4n) is 2.24. The van der Waals surface area contributed by atoms with Crippen LogP contribution in [0.25, 0.3) is 0 Å². The smallest absolute Gasteiger partial charge is 0.312 e. The lowest BCUT2D eigenvalue weighted by molar-refractivity contribution is -0.385. The van der Waals surface area contributed by atoms with Crippen molar-refractivity contribution in [1.29, 1.82) is 0 Å². The van der Waals surface area contributed by atoms with Crippen molar-refractivity contribution in [2.45, 2.75) is 0 Å². The van der Waals surface area contributed by atoms with Crippen molar-refractivity contribution in [3.05, 3.63) is 87.4 Å². The minimum absolute atomic E-state index is 0.136. The van der Waals surface area contributed by atoms with Gasteiger partial charge in [-0.25, -0.2) is 0 Å². The fraction of sp³-hybridized carbons (Fsp3) is 0. The second-order valence-corrected chi connectivity index (χ2v) is 5.73. The molecule has 1 N–H and O–H groups in total. The predicted octanol–water partition coefficient (Wildman–Crippen LogP) is 5.50. The van der Waals surface area contributed by atoms with Crippen LogP contribution in [0.3, 0.4) is 0 Å². The zero-order valence-electron chi connectivity index (χ0n) is 13.4. The summed E-state index contributed by atoms with van der Waals surface area (Å²) in [7, 11) is 0. The second kappa shape index (κ2) is 7.67. The molecule has 0 aliphatic carbocycles. The molecule has 0 aromatic heterocycles. The van der Waals surface area contributed by atoms with Crippen LogP contribution in [0.4, 0.5) is 11.4 Å². The summed E-state index contributed by atoms with van der Waals surface area (Å²) in [5, 5.41) is 21.1. The van der Waals surface area contributed by atoms with Crippen LogP contribution in [0.1, 0.15) is 5.56 Å². The van der Waals surface area contributed by atoms with Gasteiger partial charge in [0.1, 0.15) is 11.5 Å². The van der Waals surface area contributed by atoms with Gasteiger partial charge in [0.05, 0.1) is 10.6 Å². The van der Waals surface area contributed by atoms with E-state index >= 15 is 0 Å². The van der Waals surface area contributed by atoms with Crippen molar-refractivity contribution in [1.82, 2.24) is 0 Å². The van der Waals surface area contributed by atoms with Gasteiger partial charge in [-0.3, -0.25) is 15.1 Å². The van der Waals surface area contributed by atoms with Gasteiger partial charge < -0.3 is 9.84 Å². The molecule has 0 atom stereocenters. The Labute approximate surface area is 154 Å². The first-order valence-corrected chi connectivity index (χ1v) is 7.94. The Hall–Kier alpha value is -3.38. The Balaban J connectivity index is 1.85. The third-order valence-corrected chi connectivity index (χ3v) is 3.65. The second-order valence-electron chi connectivity index (χ2n) is 5.29. The van der Waals surface area contributed by atoms with Crippen LogP contribution >= 0.6 is 11.6 Å². The highest BCUT2D eigenvalue weighted by molar-refractivity contribution is 6.31. The molecule has 3 rings (SSSR count). The highest BCUT2D eigenvalue weighted by Gasteiger charge is 2.17. The van der Waals surface area contributed by atoms with Gasteiger partial charge in [-0.15, -0.1) is 0 Å². The Kier molecular flexibility index (Phi) is 5.15. The number of nitro groups is 1. The first kappa shape index (κ1) is 17.4. The molecule has 0 fully saturated rings. The molecular weight excluding hydrogens is 356 g/mol. The quantitative estimate of drug-likeness (QED) is 0.366. The zero-order valence-corrected chi connectivity index (χ0v) is 14.1. The monoisotopic (exact) mass is 368 g/mol. The molecule has 3 aromatic rings. The SMILES string of the molecule is O=[N+]([O-])c1cc(Cl)cc(C=Nc2cccc(Oc3ccccc3)c2)c1O. The summed E-state index contributed by atoms with van der Waals surface area (Å²) in [6.07, 6.45) is 1.32. The maximum atomic E-state index is 10.9. The van der Waals surface area contributed by atoms with Crippen LogP contribution in [-0.4, -0.2) is 16.2 Å². The van der Waals surface area contributed by atoms with Gasteiger partial charge in [-0.05, 0) is 30.3 Å². The van der Waals surface area contributed by atoms with Crippen LogP contribution in [-0.2, 0) is 0 Å². The molecule has 130 valence electrons. The number of ether oxygens (including phenoxy) is 1. The van der Waals surface area contributed by atoms with Gasteiger partial charge in [0.25, 0.3) is 0 Å². The van der Waals surface area contributed by atoms with E-state index in [4.69, 9.17) is 16.3 Å². The number of halogens is 1. The summed E-state index contributed by atoms with van der Waals surface area (Å²) >= 11 is 5.87. The third kappa shape index (κ3) is 4.17. The number of aromatic hydroxyl groups is 1. The van der Waals surface area contributed by atoms with Crippen LogP contribution in [0.2, 0.25) is 5.02 Å². The van der Waals surface area contributed by atoms with Crippen LogP contribution in [0.15, 0.2) is 71.7 Å². The first-order valence-electron chi connectivity index (χ1n) is 7.57. The summed E-state index contributed by atoms with van der Waals surface area (Å²) in [5.74, 6) is 0.795. The molecule has 0 amide bonds. The van der Waals surface area contributed by atoms with Crippen molar-refractivity contribution in [3.8, 4) is 17.2 Å². The molecular formula is C19H13ClN2O4. The molecule has 3 aromatic carbocycles. The Morgan fingerprint density at radius 3 is 2.50 bits per heavy atom. The van der Waals surface area contributed by atoms with E-state index in [0.29, 0.717) is 17.2 Å². The maximum absolute atomic E-state index is 10.9. The lowest BCUT2D eigenvalue weighted by atomic mass is 10.2. The molecule has 0 aliphatic rings. The summed E-state index contributed by atoms with van der Waals surface area (Å²) < 4.78 is 5.73. The molecule has 0 aliphatic heterocycles. The molecule has 26 heavy (non-hydrogen) atoms. The number of nitrogens with zero attached hydrogens (tertiary/aromatic N) is 2. The highest BCUT2D eigenvalue weighted by atomic mass is 35.5. The van der Waals surface area contributed by atoms with Crippen molar-refractivity contribution >= 4 is 29.2 Å². The fourth-order valence-corrected chi connectivity index (χ4v) is 2.46. The molecule has 0 unspecified atom stereocenters. The molecule has 6 nitrogen and oxygen atoms in total. The van der Waals surface area contributed by atoms with Gasteiger partial charge in [-0.1, -0.05) is 35.9 Å². The van der Waals surface area contributed by atoms with Crippen LogP contribution in [0, 0.1) is 10.1 Å². The molecule has 0 radical (unpaired) electrons. The minimum Gasteiger partial charge on any atom is -0.502 e. The van der Waals surface area contributed by atoms with E-state index in [-0.39, 0.29) is 10.6 Å². The van der Waals surface area contributed by atoms with E-state index in [1.165, 1.54) is 12.3 Å². The van der Waals surface area contributed by atoms with Crippen molar-refractivity contribution in [2.75, 3.05) is 0 Å². The van der Waals surface area contributed by atoms with Crippen molar-refractivity contribution in [3.63, 3.8) is 0 Å². The summed E-state index contributed by atoms with van der Waals surface area (Å²) in [5.41, 5.74) is 0.235. The largest absolute Gasteiger partial charge is 0.502 e. The number of benzene rings is 3. The van der Waals surface area contributed by atoms with Gasteiger partial charge in [0.15, 0.2) is 0 Å². The normalized spacial score (nSPS) is 10.8. The van der Waals surface area contributed by atoms with Crippen molar-refractivity contribution < 1.29 is 14.8 Å². The number of phenols is 1. The highest BCUT2D eigenvalue weighted by Crippen LogP contribution is 2.33. The lowest BCUT2D eigenvalue weighted by Crippen LogP contribution is -1.92. The van der Waals surface area contributed by atoms with Gasteiger partial charge in [0.2, 0.25) is 5.75 Å². The first-order chi connectivity index (χ1) is 12.5. The van der Waals surface area contributed by atoms with Crippen LogP contribution in [0.5, 0.6) is 17.2 Å². The molecule has 0 bridgehead atoms. The molecule has 0 heterocycles. The molecule has 0 saturated heterocycles. The average molecular weight is 369 g/mol. The number of rotatable bonds is 5. The van der Waals surface area contributed by atoms with Gasteiger partial charge in [0, 0.05) is 28.9 Å². The molecule has 7 heteroatoms. The minimum atomic E-state index is -0.702. The number of nitro benzene ring substituents is 1. The predicted molar refractivity (Wildman–Crippen MR) is 100.0 cm³/mol. The van der Waals surface area contributed by atoms with E-state index in [9.17, 15) is 15.2 Å². The van der Waals surface area contributed by atoms with Crippen molar-refractivity contribution in [2.24, 2.45) is 4.99 Å². The molecule has 0 saturated carbocycles. The number of phenolic OH excluding ortho intramolecular Hbond substituents is 1. The number of hydrogen-bond acceptors (Lipinski definition) is 5. The van der Waals surface area contributed by atoms with E-state index in [2.05, 4.69) is 4.99 Å². The zero-order chi connectivity index (χ0) is 18.5. The van der Waals surface area contributed by atoms with Gasteiger partial charge in [-0.2, -0.15) is 0 Å². The topological polar surface area (TPSA) is 85.0 Å². The lowest BCUT2D eigenvalue weighted by Gasteiger charge is -2.06. The van der Waals surface area contributed by atoms with E-state index in [1.54, 1.807) is 24.3 Å². The Bertz CT molecular complexity index is 975. The number of para-hydroxylation sites is 1. The van der Waals surface area contributed by atoms with Gasteiger partial charge >= 0.3 is 5.69 Å². The summed E-state index contributed by atoms with van der Waals surface area (Å²) in [4.78, 5) is 14.5. The van der Waals surface area contributed by atoms with E-state index < -0.39 is 16.4 Å². The Morgan fingerprint density at radius 1 is 1.04 bits per heavy atom. The number of hydrogen-bond donors (Lipinski definition) is 1. The standard InChI is InChI=1S/C19H13ClN2O4/c20-14-9-13(19(23)18(10-14)22(24)25)12-21-15-5-4-8-17(11-15)26-16-6-2-1-3-7-16/h1-12,23H. The Morgan fingerprint density at radius 2 is 1.77 bits per heavy atom.